The van der Waals surface area contributed by atoms with Gasteiger partial charge in [-0.25, -0.2) is 9.18 Å². The number of imide groups is 1. The summed E-state index contributed by atoms with van der Waals surface area (Å²) >= 11 is 5.70. The molecule has 6 nitrogen and oxygen atoms in total. The van der Waals surface area contributed by atoms with Gasteiger partial charge in [0.2, 0.25) is 0 Å². The summed E-state index contributed by atoms with van der Waals surface area (Å²) < 4.78 is 17.9. The molecule has 5 N–H and O–H groups in total. The van der Waals surface area contributed by atoms with Crippen LogP contribution < -0.4 is 21.5 Å². The molecule has 0 radical (unpaired) electrons. The fourth-order valence-electron chi connectivity index (χ4n) is 0.971. The van der Waals surface area contributed by atoms with Crippen molar-refractivity contribution in [2.45, 2.75) is 0 Å². The highest BCUT2D eigenvalue weighted by molar-refractivity contribution is 6.32. The molecule has 0 heterocycles. The van der Waals surface area contributed by atoms with E-state index in [-0.39, 0.29) is 16.5 Å². The molecule has 0 saturated carbocycles. The Bertz CT molecular complexity index is 467. The van der Waals surface area contributed by atoms with Gasteiger partial charge in [-0.3, -0.25) is 10.1 Å². The molecule has 0 spiro atoms. The molecular formula is C9H9ClFN3O3. The number of urea groups is 1. The molecule has 0 unspecified atom stereocenters. The van der Waals surface area contributed by atoms with Gasteiger partial charge in [0.05, 0.1) is 10.7 Å². The first-order valence-corrected chi connectivity index (χ1v) is 4.74. The molecular weight excluding hydrogens is 253 g/mol. The maximum atomic E-state index is 13.1. The van der Waals surface area contributed by atoms with E-state index in [2.05, 4.69) is 0 Å². The molecule has 0 aliphatic rings. The Kier molecular flexibility index (Phi) is 4.11. The monoisotopic (exact) mass is 261 g/mol. The van der Waals surface area contributed by atoms with E-state index < -0.39 is 24.4 Å². The Morgan fingerprint density at radius 2 is 2.12 bits per heavy atom. The summed E-state index contributed by atoms with van der Waals surface area (Å²) in [5, 5.41) is 1.82. The van der Waals surface area contributed by atoms with Crippen LogP contribution in [0.4, 0.5) is 14.9 Å². The Labute approximate surface area is 101 Å². The molecule has 0 aromatic heterocycles. The van der Waals surface area contributed by atoms with Crippen LogP contribution in [0.15, 0.2) is 12.1 Å². The molecule has 0 aliphatic carbocycles. The number of ether oxygens (including phenoxy) is 1. The van der Waals surface area contributed by atoms with E-state index in [0.717, 1.165) is 12.1 Å². The first kappa shape index (κ1) is 13.0. The van der Waals surface area contributed by atoms with E-state index in [1.807, 2.05) is 0 Å². The maximum absolute atomic E-state index is 13.1. The largest absolute Gasteiger partial charge is 0.482 e. The van der Waals surface area contributed by atoms with Crippen molar-refractivity contribution in [1.82, 2.24) is 5.32 Å². The smallest absolute Gasteiger partial charge is 0.318 e. The molecule has 1 aromatic rings. The number of nitrogens with two attached hydrogens (primary N) is 2. The Morgan fingerprint density at radius 1 is 1.47 bits per heavy atom. The standard InChI is InChI=1S/C9H9ClFN3O3/c10-4-1-6(12)5(11)2-7(4)17-3-8(15)14-9(13)16/h1-2H,3,12H2,(H3,13,14,15,16). The molecule has 8 heteroatoms. The zero-order valence-corrected chi connectivity index (χ0v) is 9.25. The summed E-state index contributed by atoms with van der Waals surface area (Å²) in [6.45, 7) is -0.522. The lowest BCUT2D eigenvalue weighted by Crippen LogP contribution is -2.38. The van der Waals surface area contributed by atoms with Gasteiger partial charge in [-0.2, -0.15) is 0 Å². The van der Waals surface area contributed by atoms with Gasteiger partial charge in [-0.05, 0) is 6.07 Å². The predicted octanol–water partition coefficient (Wildman–Crippen LogP) is 0.635. The number of nitrogen functional groups attached to an aromatic ring is 1. The molecule has 1 rings (SSSR count). The minimum Gasteiger partial charge on any atom is -0.482 e. The number of nitrogens with one attached hydrogen (secondary N) is 1. The molecule has 3 amide bonds. The molecule has 92 valence electrons. The Morgan fingerprint density at radius 3 is 2.71 bits per heavy atom. The highest BCUT2D eigenvalue weighted by Gasteiger charge is 2.10. The third kappa shape index (κ3) is 3.80. The molecule has 0 atom stereocenters. The van der Waals surface area contributed by atoms with Crippen molar-refractivity contribution in [2.24, 2.45) is 5.73 Å². The number of carbonyl (C=O) groups excluding carboxylic acids is 2. The van der Waals surface area contributed by atoms with Crippen molar-refractivity contribution in [2.75, 3.05) is 12.3 Å². The van der Waals surface area contributed by atoms with Crippen molar-refractivity contribution in [3.63, 3.8) is 0 Å². The normalized spacial score (nSPS) is 9.76. The van der Waals surface area contributed by atoms with Crippen LogP contribution in [-0.4, -0.2) is 18.5 Å². The van der Waals surface area contributed by atoms with Crippen molar-refractivity contribution < 1.29 is 18.7 Å². The summed E-state index contributed by atoms with van der Waals surface area (Å²) in [5.41, 5.74) is 9.83. The van der Waals surface area contributed by atoms with Gasteiger partial charge in [0.1, 0.15) is 11.6 Å². The van der Waals surface area contributed by atoms with Crippen molar-refractivity contribution >= 4 is 29.2 Å². The SMILES string of the molecule is NC(=O)NC(=O)COc1cc(F)c(N)cc1Cl. The van der Waals surface area contributed by atoms with Crippen molar-refractivity contribution in [1.29, 1.82) is 0 Å². The first-order chi connectivity index (χ1) is 7.90. The third-order valence-corrected chi connectivity index (χ3v) is 1.97. The second kappa shape index (κ2) is 5.35. The lowest BCUT2D eigenvalue weighted by Gasteiger charge is -2.08. The number of primary amides is 1. The lowest BCUT2D eigenvalue weighted by molar-refractivity contribution is -0.121. The number of benzene rings is 1. The topological polar surface area (TPSA) is 107 Å². The summed E-state index contributed by atoms with van der Waals surface area (Å²) in [6, 6.07) is 1.08. The van der Waals surface area contributed by atoms with Gasteiger partial charge in [0.25, 0.3) is 5.91 Å². The van der Waals surface area contributed by atoms with E-state index in [9.17, 15) is 14.0 Å². The second-order valence-electron chi connectivity index (χ2n) is 3.01. The van der Waals surface area contributed by atoms with E-state index in [1.165, 1.54) is 0 Å². The van der Waals surface area contributed by atoms with Gasteiger partial charge in [0, 0.05) is 6.07 Å². The van der Waals surface area contributed by atoms with E-state index in [0.29, 0.717) is 0 Å². The molecule has 0 fully saturated rings. The first-order valence-electron chi connectivity index (χ1n) is 4.36. The number of hydrogen-bond donors (Lipinski definition) is 3. The number of amides is 3. The minimum absolute atomic E-state index is 0.0516. The van der Waals surface area contributed by atoms with Crippen LogP contribution >= 0.6 is 11.6 Å². The molecule has 1 aromatic carbocycles. The molecule has 0 bridgehead atoms. The molecule has 0 aliphatic heterocycles. The van der Waals surface area contributed by atoms with Gasteiger partial charge in [-0.1, -0.05) is 11.6 Å². The van der Waals surface area contributed by atoms with Crippen LogP contribution in [0.5, 0.6) is 5.75 Å². The Balaban J connectivity index is 2.66. The Hall–Kier alpha value is -2.02. The van der Waals surface area contributed by atoms with Gasteiger partial charge in [-0.15, -0.1) is 0 Å². The van der Waals surface area contributed by atoms with Gasteiger partial charge >= 0.3 is 6.03 Å². The average Bonchev–Trinajstić information content (AvgIpc) is 2.20. The van der Waals surface area contributed by atoms with Gasteiger partial charge < -0.3 is 16.2 Å². The van der Waals surface area contributed by atoms with E-state index in [1.54, 1.807) is 5.32 Å². The zero-order valence-electron chi connectivity index (χ0n) is 8.50. The lowest BCUT2D eigenvalue weighted by atomic mass is 10.3. The highest BCUT2D eigenvalue weighted by atomic mass is 35.5. The van der Waals surface area contributed by atoms with Crippen LogP contribution in [0.2, 0.25) is 5.02 Å². The number of carbonyl (C=O) groups is 2. The summed E-state index contributed by atoms with van der Waals surface area (Å²) in [4.78, 5) is 21.3. The zero-order chi connectivity index (χ0) is 13.0. The van der Waals surface area contributed by atoms with Crippen LogP contribution in [0.25, 0.3) is 0 Å². The van der Waals surface area contributed by atoms with E-state index in [4.69, 9.17) is 27.8 Å². The summed E-state index contributed by atoms with van der Waals surface area (Å²) in [5.74, 6) is -1.55. The van der Waals surface area contributed by atoms with Crippen LogP contribution in [0.1, 0.15) is 0 Å². The van der Waals surface area contributed by atoms with Crippen LogP contribution in [0.3, 0.4) is 0 Å². The maximum Gasteiger partial charge on any atom is 0.318 e. The highest BCUT2D eigenvalue weighted by Crippen LogP contribution is 2.28. The quantitative estimate of drug-likeness (QED) is 0.694. The number of anilines is 1. The molecule has 17 heavy (non-hydrogen) atoms. The third-order valence-electron chi connectivity index (χ3n) is 1.67. The van der Waals surface area contributed by atoms with Gasteiger partial charge in [0.15, 0.2) is 6.61 Å². The second-order valence-corrected chi connectivity index (χ2v) is 3.41. The van der Waals surface area contributed by atoms with Crippen molar-refractivity contribution in [3.05, 3.63) is 23.0 Å². The number of rotatable bonds is 3. The number of hydrogen-bond acceptors (Lipinski definition) is 4. The van der Waals surface area contributed by atoms with E-state index >= 15 is 0 Å². The fraction of sp³-hybridized carbons (Fsp3) is 0.111. The molecule has 0 saturated heterocycles. The fourth-order valence-corrected chi connectivity index (χ4v) is 1.20. The van der Waals surface area contributed by atoms with Crippen LogP contribution in [-0.2, 0) is 4.79 Å². The predicted molar refractivity (Wildman–Crippen MR) is 59.0 cm³/mol. The number of halogens is 2. The minimum atomic E-state index is -1.01. The summed E-state index contributed by atoms with van der Waals surface area (Å²) in [7, 11) is 0. The average molecular weight is 262 g/mol. The van der Waals surface area contributed by atoms with Crippen LogP contribution in [0, 0.1) is 5.82 Å². The summed E-state index contributed by atoms with van der Waals surface area (Å²) in [6.07, 6.45) is 0. The van der Waals surface area contributed by atoms with Crippen molar-refractivity contribution in [3.8, 4) is 5.75 Å².